The molecule has 0 aromatic heterocycles. The predicted molar refractivity (Wildman–Crippen MR) is 46.7 cm³/mol. The highest BCUT2D eigenvalue weighted by atomic mass is 16.5. The number of esters is 1. The molecule has 72 valence electrons. The van der Waals surface area contributed by atoms with Crippen LogP contribution in [0.2, 0.25) is 0 Å². The Labute approximate surface area is 73.7 Å². The second kappa shape index (κ2) is 6.00. The summed E-state index contributed by atoms with van der Waals surface area (Å²) in [6, 6.07) is 0. The van der Waals surface area contributed by atoms with E-state index in [1.54, 1.807) is 0 Å². The van der Waals surface area contributed by atoms with E-state index in [-0.39, 0.29) is 18.3 Å². The maximum atomic E-state index is 10.8. The van der Waals surface area contributed by atoms with E-state index in [0.717, 1.165) is 12.8 Å². The summed E-state index contributed by atoms with van der Waals surface area (Å²) in [5.74, 6) is -0.126. The molecule has 1 atom stereocenters. The van der Waals surface area contributed by atoms with Crippen molar-refractivity contribution < 1.29 is 14.6 Å². The highest BCUT2D eigenvalue weighted by molar-refractivity contribution is 5.69. The van der Waals surface area contributed by atoms with Crippen LogP contribution in [0.25, 0.3) is 0 Å². The van der Waals surface area contributed by atoms with E-state index >= 15 is 0 Å². The summed E-state index contributed by atoms with van der Waals surface area (Å²) in [5.41, 5.74) is 0. The number of carbonyl (C=O) groups is 1. The molecule has 0 fully saturated rings. The molecule has 0 aliphatic heterocycles. The Balaban J connectivity index is 3.83. The van der Waals surface area contributed by atoms with Crippen LogP contribution in [0.3, 0.4) is 0 Å². The molecule has 0 spiro atoms. The summed E-state index contributed by atoms with van der Waals surface area (Å²) >= 11 is 0. The van der Waals surface area contributed by atoms with Crippen LogP contribution < -0.4 is 0 Å². The fraction of sp³-hybridized carbons (Fsp3) is 0.889. The Morgan fingerprint density at radius 2 is 1.92 bits per heavy atom. The second-order valence-electron chi connectivity index (χ2n) is 2.92. The minimum Gasteiger partial charge on any atom is -0.469 e. The average Bonchev–Trinajstić information content (AvgIpc) is 2.06. The zero-order valence-corrected chi connectivity index (χ0v) is 8.04. The van der Waals surface area contributed by atoms with E-state index < -0.39 is 6.10 Å². The van der Waals surface area contributed by atoms with Gasteiger partial charge < -0.3 is 9.84 Å². The van der Waals surface area contributed by atoms with Crippen molar-refractivity contribution in [3.05, 3.63) is 0 Å². The molecule has 0 aromatic rings. The van der Waals surface area contributed by atoms with E-state index in [1.807, 2.05) is 13.8 Å². The zero-order valence-electron chi connectivity index (χ0n) is 8.04. The van der Waals surface area contributed by atoms with Gasteiger partial charge in [0.2, 0.25) is 0 Å². The lowest BCUT2D eigenvalue weighted by Crippen LogP contribution is -2.23. The first-order chi connectivity index (χ1) is 5.65. The van der Waals surface area contributed by atoms with Crippen LogP contribution in [0.1, 0.15) is 33.1 Å². The quantitative estimate of drug-likeness (QED) is 0.640. The summed E-state index contributed by atoms with van der Waals surface area (Å²) in [5, 5.41) is 9.51. The first kappa shape index (κ1) is 11.4. The van der Waals surface area contributed by atoms with Crippen molar-refractivity contribution >= 4 is 5.97 Å². The molecular formula is C9H18O3. The maximum Gasteiger partial charge on any atom is 0.308 e. The molecule has 3 heteroatoms. The molecule has 0 saturated heterocycles. The van der Waals surface area contributed by atoms with Crippen molar-refractivity contribution in [3.63, 3.8) is 0 Å². The van der Waals surface area contributed by atoms with Crippen LogP contribution in [-0.4, -0.2) is 24.3 Å². The Kier molecular flexibility index (Phi) is 5.72. The van der Waals surface area contributed by atoms with Crippen LogP contribution in [-0.2, 0) is 9.53 Å². The van der Waals surface area contributed by atoms with Gasteiger partial charge in [-0.05, 0) is 5.92 Å². The van der Waals surface area contributed by atoms with Gasteiger partial charge in [0.05, 0.1) is 19.6 Å². The van der Waals surface area contributed by atoms with Gasteiger partial charge in [0.1, 0.15) is 0 Å². The normalized spacial score (nSPS) is 13.1. The lowest BCUT2D eigenvalue weighted by Gasteiger charge is -2.18. The molecule has 0 amide bonds. The number of carbonyl (C=O) groups excluding carboxylic acids is 1. The maximum absolute atomic E-state index is 10.8. The van der Waals surface area contributed by atoms with Crippen LogP contribution in [0, 0.1) is 5.92 Å². The van der Waals surface area contributed by atoms with Gasteiger partial charge in [-0.1, -0.05) is 26.7 Å². The molecule has 0 aromatic carbocycles. The van der Waals surface area contributed by atoms with Gasteiger partial charge in [-0.25, -0.2) is 0 Å². The van der Waals surface area contributed by atoms with E-state index in [0.29, 0.717) is 0 Å². The lowest BCUT2D eigenvalue weighted by atomic mass is 9.94. The summed E-state index contributed by atoms with van der Waals surface area (Å²) < 4.78 is 4.46. The number of aliphatic hydroxyl groups excluding tert-OH is 1. The Morgan fingerprint density at radius 3 is 2.25 bits per heavy atom. The minimum absolute atomic E-state index is 0.114. The number of hydrogen-bond acceptors (Lipinski definition) is 3. The summed E-state index contributed by atoms with van der Waals surface area (Å²) in [6.07, 6.45) is 1.36. The number of rotatable bonds is 5. The molecule has 0 bridgehead atoms. The van der Waals surface area contributed by atoms with Gasteiger partial charge in [0, 0.05) is 0 Å². The highest BCUT2D eigenvalue weighted by Gasteiger charge is 2.18. The molecule has 1 N–H and O–H groups in total. The Morgan fingerprint density at radius 1 is 1.42 bits per heavy atom. The molecule has 0 heterocycles. The fourth-order valence-corrected chi connectivity index (χ4v) is 1.25. The summed E-state index contributed by atoms with van der Waals surface area (Å²) in [7, 11) is 1.34. The average molecular weight is 174 g/mol. The van der Waals surface area contributed by atoms with Gasteiger partial charge in [0.15, 0.2) is 0 Å². The van der Waals surface area contributed by atoms with Crippen molar-refractivity contribution in [3.8, 4) is 0 Å². The van der Waals surface area contributed by atoms with Gasteiger partial charge in [-0.2, -0.15) is 0 Å². The van der Waals surface area contributed by atoms with Gasteiger partial charge in [-0.3, -0.25) is 4.79 Å². The molecular weight excluding hydrogens is 156 g/mol. The summed E-state index contributed by atoms with van der Waals surface area (Å²) in [4.78, 5) is 10.8. The Hall–Kier alpha value is -0.570. The third-order valence-electron chi connectivity index (χ3n) is 2.20. The van der Waals surface area contributed by atoms with Gasteiger partial charge in [0.25, 0.3) is 0 Å². The smallest absolute Gasteiger partial charge is 0.308 e. The van der Waals surface area contributed by atoms with E-state index in [4.69, 9.17) is 0 Å². The number of aliphatic hydroxyl groups is 1. The first-order valence-electron chi connectivity index (χ1n) is 4.40. The van der Waals surface area contributed by atoms with Crippen LogP contribution in [0.4, 0.5) is 0 Å². The topological polar surface area (TPSA) is 46.5 Å². The standard InChI is InChI=1S/C9H18O3/c1-4-7(5-2)8(10)6-9(11)12-3/h7-8,10H,4-6H2,1-3H3/t8-/m0/s1. The monoisotopic (exact) mass is 174 g/mol. The number of hydrogen-bond donors (Lipinski definition) is 1. The zero-order chi connectivity index (χ0) is 9.56. The molecule has 3 nitrogen and oxygen atoms in total. The van der Waals surface area contributed by atoms with Crippen molar-refractivity contribution in [2.75, 3.05) is 7.11 Å². The lowest BCUT2D eigenvalue weighted by molar-refractivity contribution is -0.143. The van der Waals surface area contributed by atoms with Crippen molar-refractivity contribution in [1.29, 1.82) is 0 Å². The largest absolute Gasteiger partial charge is 0.469 e. The molecule has 0 unspecified atom stereocenters. The van der Waals surface area contributed by atoms with Crippen LogP contribution in [0.15, 0.2) is 0 Å². The third kappa shape index (κ3) is 3.72. The molecule has 0 rings (SSSR count). The van der Waals surface area contributed by atoms with Crippen LogP contribution in [0.5, 0.6) is 0 Å². The third-order valence-corrected chi connectivity index (χ3v) is 2.20. The SMILES string of the molecule is CCC(CC)[C@@H](O)CC(=O)OC. The minimum atomic E-state index is -0.549. The van der Waals surface area contributed by atoms with E-state index in [9.17, 15) is 9.90 Å². The first-order valence-corrected chi connectivity index (χ1v) is 4.40. The van der Waals surface area contributed by atoms with Gasteiger partial charge in [-0.15, -0.1) is 0 Å². The second-order valence-corrected chi connectivity index (χ2v) is 2.92. The van der Waals surface area contributed by atoms with Crippen molar-refractivity contribution in [2.45, 2.75) is 39.2 Å². The Bertz CT molecular complexity index is 130. The molecule has 12 heavy (non-hydrogen) atoms. The molecule has 0 aliphatic rings. The molecule has 0 saturated carbocycles. The number of ether oxygens (including phenoxy) is 1. The summed E-state index contributed by atoms with van der Waals surface area (Å²) in [6.45, 7) is 4.02. The molecule has 0 radical (unpaired) electrons. The highest BCUT2D eigenvalue weighted by Crippen LogP contribution is 2.15. The number of methoxy groups -OCH3 is 1. The van der Waals surface area contributed by atoms with Crippen molar-refractivity contribution in [1.82, 2.24) is 0 Å². The molecule has 0 aliphatic carbocycles. The fourth-order valence-electron chi connectivity index (χ4n) is 1.25. The predicted octanol–water partition coefficient (Wildman–Crippen LogP) is 1.35. The van der Waals surface area contributed by atoms with E-state index in [1.165, 1.54) is 7.11 Å². The van der Waals surface area contributed by atoms with Crippen LogP contribution >= 0.6 is 0 Å². The van der Waals surface area contributed by atoms with Crippen molar-refractivity contribution in [2.24, 2.45) is 5.92 Å². The van der Waals surface area contributed by atoms with Gasteiger partial charge >= 0.3 is 5.97 Å². The van der Waals surface area contributed by atoms with E-state index in [2.05, 4.69) is 4.74 Å².